The molecule has 5 nitrogen and oxygen atoms in total. The maximum absolute atomic E-state index is 13.0. The summed E-state index contributed by atoms with van der Waals surface area (Å²) < 4.78 is 53.3. The van der Waals surface area contributed by atoms with Gasteiger partial charge in [0, 0.05) is 6.26 Å². The Kier molecular flexibility index (Phi) is 4.49. The van der Waals surface area contributed by atoms with Crippen LogP contribution in [-0.4, -0.2) is 38.3 Å². The van der Waals surface area contributed by atoms with Gasteiger partial charge in [-0.05, 0) is 24.3 Å². The zero-order valence-electron chi connectivity index (χ0n) is 10.5. The third-order valence-electron chi connectivity index (χ3n) is 2.33. The van der Waals surface area contributed by atoms with E-state index in [9.17, 15) is 22.0 Å². The molecule has 0 radical (unpaired) electrons. The molecule has 0 amide bonds. The largest absolute Gasteiger partial charge is 0.486 e. The highest BCUT2D eigenvalue weighted by Gasteiger charge is 2.26. The normalized spacial score (nSPS) is 11.9. The monoisotopic (exact) mass is 306 g/mol. The van der Waals surface area contributed by atoms with Crippen LogP contribution in [0.4, 0.5) is 8.78 Å². The van der Waals surface area contributed by atoms with Gasteiger partial charge in [0.15, 0.2) is 16.4 Å². The van der Waals surface area contributed by atoms with Crippen LogP contribution in [0.5, 0.6) is 5.75 Å². The fraction of sp³-hybridized carbons (Fsp3) is 0.250. The van der Waals surface area contributed by atoms with E-state index in [-0.39, 0.29) is 10.6 Å². The molecule has 0 aromatic heterocycles. The summed E-state index contributed by atoms with van der Waals surface area (Å²) in [7, 11) is -3.61. The van der Waals surface area contributed by atoms with Crippen LogP contribution in [0.15, 0.2) is 35.7 Å². The van der Waals surface area contributed by atoms with Crippen LogP contribution < -0.4 is 4.74 Å². The Bertz CT molecular complexity index is 637. The molecule has 110 valence electrons. The van der Waals surface area contributed by atoms with Crippen LogP contribution >= 0.6 is 0 Å². The quantitative estimate of drug-likeness (QED) is 0.813. The molecule has 0 aliphatic heterocycles. The van der Waals surface area contributed by atoms with Crippen molar-refractivity contribution in [3.05, 3.63) is 36.4 Å². The van der Waals surface area contributed by atoms with E-state index < -0.39 is 33.9 Å². The molecule has 1 N–H and O–H groups in total. The number of halogens is 2. The van der Waals surface area contributed by atoms with Gasteiger partial charge in [-0.2, -0.15) is 8.78 Å². The van der Waals surface area contributed by atoms with E-state index >= 15 is 0 Å². The van der Waals surface area contributed by atoms with Gasteiger partial charge in [-0.1, -0.05) is 6.58 Å². The molecule has 0 fully saturated rings. The van der Waals surface area contributed by atoms with Crippen molar-refractivity contribution in [2.24, 2.45) is 0 Å². The number of carbonyl (C=O) groups is 1. The molecular formula is C12H12F2O5S. The molecule has 0 saturated carbocycles. The molecule has 20 heavy (non-hydrogen) atoms. The molecule has 1 aromatic rings. The molecule has 0 spiro atoms. The zero-order chi connectivity index (χ0) is 15.6. The van der Waals surface area contributed by atoms with Crippen LogP contribution in [0.25, 0.3) is 0 Å². The number of ether oxygens (including phenoxy) is 1. The summed E-state index contributed by atoms with van der Waals surface area (Å²) in [6.07, 6.45) is 1.28. The molecule has 0 aliphatic carbocycles. The Morgan fingerprint density at radius 2 is 2.10 bits per heavy atom. The van der Waals surface area contributed by atoms with Crippen molar-refractivity contribution in [3.8, 4) is 5.75 Å². The Morgan fingerprint density at radius 1 is 1.50 bits per heavy atom. The number of aromatic carboxylic acids is 1. The molecule has 0 saturated heterocycles. The Labute approximate surface area is 114 Å². The number of sulfone groups is 1. The van der Waals surface area contributed by atoms with Gasteiger partial charge in [0.2, 0.25) is 0 Å². The second kappa shape index (κ2) is 5.58. The number of benzene rings is 1. The molecule has 0 bridgehead atoms. The SMILES string of the molecule is C=CC(F)(F)COc1ccc(S(C)(=O)=O)cc1C(=O)O. The minimum atomic E-state index is -3.61. The lowest BCUT2D eigenvalue weighted by Crippen LogP contribution is -2.23. The third-order valence-corrected chi connectivity index (χ3v) is 3.44. The number of hydrogen-bond donors (Lipinski definition) is 1. The smallest absolute Gasteiger partial charge is 0.339 e. The van der Waals surface area contributed by atoms with Crippen LogP contribution in [0.3, 0.4) is 0 Å². The lowest BCUT2D eigenvalue weighted by atomic mass is 10.2. The molecule has 0 aliphatic rings. The summed E-state index contributed by atoms with van der Waals surface area (Å²) in [6, 6.07) is 2.97. The van der Waals surface area contributed by atoms with E-state index in [0.717, 1.165) is 24.5 Å². The molecule has 1 rings (SSSR count). The van der Waals surface area contributed by atoms with Crippen molar-refractivity contribution < 1.29 is 31.8 Å². The first kappa shape index (κ1) is 16.1. The average molecular weight is 306 g/mol. The minimum Gasteiger partial charge on any atom is -0.486 e. The standard InChI is InChI=1S/C12H12F2O5S/c1-3-12(13,14)7-19-10-5-4-8(20(2,17)18)6-9(10)11(15)16/h3-6H,1,7H2,2H3,(H,15,16). The second-order valence-corrected chi connectivity index (χ2v) is 6.00. The predicted molar refractivity (Wildman–Crippen MR) is 67.2 cm³/mol. The van der Waals surface area contributed by atoms with Crippen molar-refractivity contribution >= 4 is 15.8 Å². The van der Waals surface area contributed by atoms with Gasteiger partial charge >= 0.3 is 5.97 Å². The van der Waals surface area contributed by atoms with Crippen molar-refractivity contribution in [1.29, 1.82) is 0 Å². The van der Waals surface area contributed by atoms with Crippen molar-refractivity contribution in [1.82, 2.24) is 0 Å². The van der Waals surface area contributed by atoms with E-state index in [4.69, 9.17) is 9.84 Å². The maximum atomic E-state index is 13.0. The highest BCUT2D eigenvalue weighted by atomic mass is 32.2. The van der Waals surface area contributed by atoms with Gasteiger partial charge < -0.3 is 9.84 Å². The van der Waals surface area contributed by atoms with E-state index in [1.165, 1.54) is 0 Å². The zero-order valence-corrected chi connectivity index (χ0v) is 11.3. The van der Waals surface area contributed by atoms with Gasteiger partial charge in [0.1, 0.15) is 11.3 Å². The topological polar surface area (TPSA) is 80.7 Å². The molecule has 0 unspecified atom stereocenters. The van der Waals surface area contributed by atoms with Crippen LogP contribution in [0.1, 0.15) is 10.4 Å². The fourth-order valence-electron chi connectivity index (χ4n) is 1.27. The van der Waals surface area contributed by atoms with Gasteiger partial charge in [0.05, 0.1) is 4.90 Å². The Hall–Kier alpha value is -1.96. The van der Waals surface area contributed by atoms with Crippen LogP contribution in [0, 0.1) is 0 Å². The average Bonchev–Trinajstić information content (AvgIpc) is 2.35. The second-order valence-electron chi connectivity index (χ2n) is 3.99. The molecular weight excluding hydrogens is 294 g/mol. The lowest BCUT2D eigenvalue weighted by Gasteiger charge is -2.14. The Morgan fingerprint density at radius 3 is 2.55 bits per heavy atom. The van der Waals surface area contributed by atoms with Gasteiger partial charge in [-0.15, -0.1) is 0 Å². The van der Waals surface area contributed by atoms with Crippen LogP contribution in [-0.2, 0) is 9.84 Å². The summed E-state index contributed by atoms with van der Waals surface area (Å²) in [5.74, 6) is -5.13. The highest BCUT2D eigenvalue weighted by molar-refractivity contribution is 7.90. The predicted octanol–water partition coefficient (Wildman–Crippen LogP) is 1.99. The first-order chi connectivity index (χ1) is 9.07. The Balaban J connectivity index is 3.15. The lowest BCUT2D eigenvalue weighted by molar-refractivity contribution is 0.00484. The summed E-state index contributed by atoms with van der Waals surface area (Å²) in [6.45, 7) is 1.83. The van der Waals surface area contributed by atoms with Gasteiger partial charge in [0.25, 0.3) is 5.92 Å². The first-order valence-electron chi connectivity index (χ1n) is 5.28. The van der Waals surface area contributed by atoms with E-state index in [1.807, 2.05) is 0 Å². The molecule has 0 atom stereocenters. The van der Waals surface area contributed by atoms with Crippen molar-refractivity contribution in [3.63, 3.8) is 0 Å². The highest BCUT2D eigenvalue weighted by Crippen LogP contribution is 2.25. The van der Waals surface area contributed by atoms with Crippen LogP contribution in [0.2, 0.25) is 0 Å². The number of carboxylic acid groups (broad SMARTS) is 1. The number of alkyl halides is 2. The number of rotatable bonds is 6. The molecule has 8 heteroatoms. The van der Waals surface area contributed by atoms with E-state index in [1.54, 1.807) is 0 Å². The van der Waals surface area contributed by atoms with E-state index in [2.05, 4.69) is 6.58 Å². The third kappa shape index (κ3) is 4.02. The van der Waals surface area contributed by atoms with Crippen molar-refractivity contribution in [2.75, 3.05) is 12.9 Å². The van der Waals surface area contributed by atoms with Gasteiger partial charge in [-0.25, -0.2) is 13.2 Å². The molecule has 1 aromatic carbocycles. The minimum absolute atomic E-state index is 0.238. The summed E-state index contributed by atoms with van der Waals surface area (Å²) in [5, 5.41) is 8.96. The maximum Gasteiger partial charge on any atom is 0.339 e. The van der Waals surface area contributed by atoms with Gasteiger partial charge in [-0.3, -0.25) is 0 Å². The fourth-order valence-corrected chi connectivity index (χ4v) is 1.91. The number of carboxylic acids is 1. The van der Waals surface area contributed by atoms with E-state index in [0.29, 0.717) is 6.08 Å². The molecule has 0 heterocycles. The summed E-state index contributed by atoms with van der Waals surface area (Å²) in [5.41, 5.74) is -0.507. The summed E-state index contributed by atoms with van der Waals surface area (Å²) in [4.78, 5) is 10.8. The number of hydrogen-bond acceptors (Lipinski definition) is 4. The first-order valence-corrected chi connectivity index (χ1v) is 7.17. The van der Waals surface area contributed by atoms with Crippen molar-refractivity contribution in [2.45, 2.75) is 10.8 Å². The summed E-state index contributed by atoms with van der Waals surface area (Å²) >= 11 is 0.